The highest BCUT2D eigenvalue weighted by Gasteiger charge is 2.10. The van der Waals surface area contributed by atoms with Gasteiger partial charge in [-0.3, -0.25) is 0 Å². The number of nitrogen functional groups attached to an aromatic ring is 1. The summed E-state index contributed by atoms with van der Waals surface area (Å²) in [5, 5.41) is 2.24. The van der Waals surface area contributed by atoms with Crippen molar-refractivity contribution in [3.8, 4) is 11.3 Å². The lowest BCUT2D eigenvalue weighted by Crippen LogP contribution is -1.92. The number of benzene rings is 1. The van der Waals surface area contributed by atoms with Gasteiger partial charge in [0.2, 0.25) is 0 Å². The minimum absolute atomic E-state index is 0.190. The third-order valence-electron chi connectivity index (χ3n) is 2.26. The molecule has 1 aromatic carbocycles. The fraction of sp³-hybridized carbons (Fsp3) is 0.182. The van der Waals surface area contributed by atoms with Gasteiger partial charge in [0.05, 0.1) is 5.69 Å². The van der Waals surface area contributed by atoms with Crippen LogP contribution in [-0.2, 0) is 6.42 Å². The van der Waals surface area contributed by atoms with E-state index in [2.05, 4.69) is 4.98 Å². The largest absolute Gasteiger partial charge is 0.375 e. The second-order valence-electron chi connectivity index (χ2n) is 3.20. The lowest BCUT2D eigenvalue weighted by Gasteiger charge is -2.03. The molecule has 78 valence electrons. The van der Waals surface area contributed by atoms with Crippen molar-refractivity contribution in [2.75, 3.05) is 5.73 Å². The third-order valence-corrected chi connectivity index (χ3v) is 2.93. The first-order valence-electron chi connectivity index (χ1n) is 4.71. The Labute approximate surface area is 91.6 Å². The van der Waals surface area contributed by atoms with E-state index in [-0.39, 0.29) is 5.82 Å². The van der Waals surface area contributed by atoms with E-state index in [9.17, 15) is 4.39 Å². The van der Waals surface area contributed by atoms with Crippen molar-refractivity contribution in [1.82, 2.24) is 4.98 Å². The Bertz CT molecular complexity index is 479. The number of anilines is 1. The molecule has 15 heavy (non-hydrogen) atoms. The van der Waals surface area contributed by atoms with Gasteiger partial charge in [-0.1, -0.05) is 19.1 Å². The molecule has 1 aromatic heterocycles. The van der Waals surface area contributed by atoms with Crippen molar-refractivity contribution in [3.63, 3.8) is 0 Å². The van der Waals surface area contributed by atoms with Crippen LogP contribution in [0.15, 0.2) is 23.6 Å². The van der Waals surface area contributed by atoms with E-state index in [1.54, 1.807) is 17.5 Å². The van der Waals surface area contributed by atoms with E-state index in [1.165, 1.54) is 11.3 Å². The summed E-state index contributed by atoms with van der Waals surface area (Å²) in [5.41, 5.74) is 7.37. The predicted octanol–water partition coefficient (Wildman–Crippen LogP) is 3.09. The van der Waals surface area contributed by atoms with Crippen LogP contribution in [0.25, 0.3) is 11.3 Å². The van der Waals surface area contributed by atoms with Crippen LogP contribution in [-0.4, -0.2) is 4.98 Å². The van der Waals surface area contributed by atoms with E-state index >= 15 is 0 Å². The van der Waals surface area contributed by atoms with Crippen molar-refractivity contribution >= 4 is 16.5 Å². The first-order valence-corrected chi connectivity index (χ1v) is 5.59. The van der Waals surface area contributed by atoms with Gasteiger partial charge < -0.3 is 5.73 Å². The van der Waals surface area contributed by atoms with Crippen molar-refractivity contribution < 1.29 is 4.39 Å². The molecule has 0 atom stereocenters. The van der Waals surface area contributed by atoms with Gasteiger partial charge >= 0.3 is 0 Å². The Morgan fingerprint density at radius 2 is 2.27 bits per heavy atom. The number of thiazole rings is 1. The summed E-state index contributed by atoms with van der Waals surface area (Å²) in [6.45, 7) is 1.93. The van der Waals surface area contributed by atoms with Crippen LogP contribution in [0.2, 0.25) is 0 Å². The fourth-order valence-electron chi connectivity index (χ4n) is 1.46. The molecule has 0 unspecified atom stereocenters. The summed E-state index contributed by atoms with van der Waals surface area (Å²) in [4.78, 5) is 4.07. The standard InChI is InChI=1S/C11H11FN2S/c1-2-7-4-3-5-8(10(7)12)9-6-15-11(13)14-9/h3-6H,2H2,1H3,(H2,13,14). The summed E-state index contributed by atoms with van der Waals surface area (Å²) in [6, 6.07) is 5.35. The Balaban J connectivity index is 2.53. The van der Waals surface area contributed by atoms with Crippen molar-refractivity contribution in [2.45, 2.75) is 13.3 Å². The van der Waals surface area contributed by atoms with Gasteiger partial charge in [-0.05, 0) is 18.1 Å². The molecule has 0 amide bonds. The number of nitrogens with two attached hydrogens (primary N) is 1. The monoisotopic (exact) mass is 222 g/mol. The maximum Gasteiger partial charge on any atom is 0.180 e. The second-order valence-corrected chi connectivity index (χ2v) is 4.09. The molecule has 4 heteroatoms. The highest BCUT2D eigenvalue weighted by atomic mass is 32.1. The highest BCUT2D eigenvalue weighted by Crippen LogP contribution is 2.27. The summed E-state index contributed by atoms with van der Waals surface area (Å²) in [5.74, 6) is -0.190. The van der Waals surface area contributed by atoms with Gasteiger partial charge in [0, 0.05) is 10.9 Å². The minimum atomic E-state index is -0.190. The zero-order valence-corrected chi connectivity index (χ0v) is 9.14. The predicted molar refractivity (Wildman–Crippen MR) is 61.3 cm³/mol. The lowest BCUT2D eigenvalue weighted by molar-refractivity contribution is 0.615. The molecule has 1 heterocycles. The smallest absolute Gasteiger partial charge is 0.180 e. The van der Waals surface area contributed by atoms with Crippen molar-refractivity contribution in [2.24, 2.45) is 0 Å². The quantitative estimate of drug-likeness (QED) is 0.848. The first kappa shape index (κ1) is 10.1. The third kappa shape index (κ3) is 1.85. The molecular weight excluding hydrogens is 211 g/mol. The topological polar surface area (TPSA) is 38.9 Å². The van der Waals surface area contributed by atoms with Crippen LogP contribution in [0, 0.1) is 5.82 Å². The van der Waals surface area contributed by atoms with Crippen LogP contribution in [0.5, 0.6) is 0 Å². The van der Waals surface area contributed by atoms with Crippen LogP contribution in [0.4, 0.5) is 9.52 Å². The molecule has 2 rings (SSSR count). The SMILES string of the molecule is CCc1cccc(-c2csc(N)n2)c1F. The van der Waals surface area contributed by atoms with Gasteiger partial charge in [-0.25, -0.2) is 9.37 Å². The molecule has 0 saturated heterocycles. The second kappa shape index (κ2) is 3.98. The molecule has 0 fully saturated rings. The summed E-state index contributed by atoms with van der Waals surface area (Å²) >= 11 is 1.32. The Morgan fingerprint density at radius 3 is 2.87 bits per heavy atom. The highest BCUT2D eigenvalue weighted by molar-refractivity contribution is 7.13. The van der Waals surface area contributed by atoms with E-state index in [4.69, 9.17) is 5.73 Å². The molecule has 0 aliphatic rings. The molecule has 0 radical (unpaired) electrons. The van der Waals surface area contributed by atoms with Gasteiger partial charge in [0.25, 0.3) is 0 Å². The molecule has 0 aliphatic carbocycles. The maximum absolute atomic E-state index is 13.9. The lowest BCUT2D eigenvalue weighted by atomic mass is 10.1. The molecule has 0 saturated carbocycles. The van der Waals surface area contributed by atoms with Crippen molar-refractivity contribution in [1.29, 1.82) is 0 Å². The van der Waals surface area contributed by atoms with E-state index < -0.39 is 0 Å². The van der Waals surface area contributed by atoms with E-state index in [1.807, 2.05) is 13.0 Å². The van der Waals surface area contributed by atoms with Crippen LogP contribution < -0.4 is 5.73 Å². The van der Waals surface area contributed by atoms with Gasteiger partial charge in [-0.15, -0.1) is 11.3 Å². The fourth-order valence-corrected chi connectivity index (χ4v) is 2.03. The summed E-state index contributed by atoms with van der Waals surface area (Å²) in [7, 11) is 0. The number of hydrogen-bond acceptors (Lipinski definition) is 3. The molecular formula is C11H11FN2S. The van der Waals surface area contributed by atoms with Crippen LogP contribution >= 0.6 is 11.3 Å². The number of hydrogen-bond donors (Lipinski definition) is 1. The molecule has 2 nitrogen and oxygen atoms in total. The zero-order valence-electron chi connectivity index (χ0n) is 8.33. The average Bonchev–Trinajstić information content (AvgIpc) is 2.65. The number of nitrogens with zero attached hydrogens (tertiary/aromatic N) is 1. The zero-order chi connectivity index (χ0) is 10.8. The Hall–Kier alpha value is -1.42. The van der Waals surface area contributed by atoms with E-state index in [0.717, 1.165) is 0 Å². The Morgan fingerprint density at radius 1 is 1.47 bits per heavy atom. The average molecular weight is 222 g/mol. The molecule has 2 N–H and O–H groups in total. The van der Waals surface area contributed by atoms with Gasteiger partial charge in [-0.2, -0.15) is 0 Å². The van der Waals surface area contributed by atoms with Crippen LogP contribution in [0.1, 0.15) is 12.5 Å². The van der Waals surface area contributed by atoms with Crippen molar-refractivity contribution in [3.05, 3.63) is 35.0 Å². The summed E-state index contributed by atoms with van der Waals surface area (Å²) < 4.78 is 13.9. The number of halogens is 1. The minimum Gasteiger partial charge on any atom is -0.375 e. The molecule has 2 aromatic rings. The summed E-state index contributed by atoms with van der Waals surface area (Å²) in [6.07, 6.45) is 0.680. The molecule has 0 aliphatic heterocycles. The number of rotatable bonds is 2. The van der Waals surface area contributed by atoms with E-state index in [0.29, 0.717) is 28.4 Å². The first-order chi connectivity index (χ1) is 7.22. The maximum atomic E-state index is 13.9. The number of aryl methyl sites for hydroxylation is 1. The number of aromatic nitrogens is 1. The normalized spacial score (nSPS) is 10.5. The van der Waals surface area contributed by atoms with Gasteiger partial charge in [0.1, 0.15) is 5.82 Å². The molecule has 0 spiro atoms. The van der Waals surface area contributed by atoms with Gasteiger partial charge in [0.15, 0.2) is 5.13 Å². The Kier molecular flexibility index (Phi) is 2.68. The molecule has 0 bridgehead atoms. The van der Waals surface area contributed by atoms with Crippen LogP contribution in [0.3, 0.4) is 0 Å².